The molecule has 0 rings (SSSR count). The van der Waals surface area contributed by atoms with Gasteiger partial charge >= 0.3 is 0 Å². The van der Waals surface area contributed by atoms with E-state index in [1.165, 1.54) is 83.5 Å². The van der Waals surface area contributed by atoms with E-state index in [4.69, 9.17) is 0 Å². The van der Waals surface area contributed by atoms with Crippen LogP contribution in [-0.4, -0.2) is 0 Å². The highest BCUT2D eigenvalue weighted by atomic mass is 14.0. The van der Waals surface area contributed by atoms with Gasteiger partial charge in [0.05, 0.1) is 0 Å². The quantitative estimate of drug-likeness (QED) is 0.229. The molecular weight excluding hydrogens is 228 g/mol. The Morgan fingerprint density at radius 3 is 1.63 bits per heavy atom. The summed E-state index contributed by atoms with van der Waals surface area (Å²) in [5.41, 5.74) is 0. The molecule has 0 aliphatic heterocycles. The average molecular weight is 267 g/mol. The van der Waals surface area contributed by atoms with Crippen molar-refractivity contribution in [1.29, 1.82) is 0 Å². The number of hydrogen-bond acceptors (Lipinski definition) is 0. The summed E-state index contributed by atoms with van der Waals surface area (Å²) < 4.78 is 0. The number of hydrogen-bond donors (Lipinski definition) is 0. The van der Waals surface area contributed by atoms with E-state index < -0.39 is 0 Å². The van der Waals surface area contributed by atoms with E-state index >= 15 is 0 Å². The van der Waals surface area contributed by atoms with Crippen LogP contribution in [0.3, 0.4) is 0 Å². The third-order valence-corrected chi connectivity index (χ3v) is 3.79. The molecule has 114 valence electrons. The van der Waals surface area contributed by atoms with Crippen molar-refractivity contribution in [2.75, 3.05) is 0 Å². The van der Waals surface area contributed by atoms with Gasteiger partial charge in [-0.05, 0) is 25.2 Å². The first kappa shape index (κ1) is 18.7. The highest BCUT2D eigenvalue weighted by molar-refractivity contribution is 4.81. The Morgan fingerprint density at radius 1 is 0.632 bits per heavy atom. The standard InChI is InChI=1S/C19H38/c1-4-5-6-7-8-9-10-11-12-13-14-15-16-17-18-19(2)3/h7-8,19H,4-6,9-18H2,1-3H3/b8-7+. The Balaban J connectivity index is 3.01. The second-order valence-electron chi connectivity index (χ2n) is 6.41. The Hall–Kier alpha value is -0.260. The van der Waals surface area contributed by atoms with Crippen molar-refractivity contribution in [3.05, 3.63) is 12.2 Å². The average Bonchev–Trinajstić information content (AvgIpc) is 2.39. The molecule has 0 aromatic heterocycles. The molecule has 0 N–H and O–H groups in total. The normalized spacial score (nSPS) is 11.8. The fraction of sp³-hybridized carbons (Fsp3) is 0.895. The Kier molecular flexibility index (Phi) is 15.6. The summed E-state index contributed by atoms with van der Waals surface area (Å²) in [6.07, 6.45) is 23.0. The number of allylic oxidation sites excluding steroid dienone is 2. The molecule has 0 aromatic rings. The molecule has 0 fully saturated rings. The monoisotopic (exact) mass is 266 g/mol. The van der Waals surface area contributed by atoms with Crippen molar-refractivity contribution < 1.29 is 0 Å². The smallest absolute Gasteiger partial charge is 0.0351 e. The minimum atomic E-state index is 0.894. The van der Waals surface area contributed by atoms with Gasteiger partial charge in [0.15, 0.2) is 0 Å². The summed E-state index contributed by atoms with van der Waals surface area (Å²) in [6, 6.07) is 0. The van der Waals surface area contributed by atoms with Gasteiger partial charge < -0.3 is 0 Å². The van der Waals surface area contributed by atoms with Crippen LogP contribution in [-0.2, 0) is 0 Å². The second kappa shape index (κ2) is 15.8. The summed E-state index contributed by atoms with van der Waals surface area (Å²) in [5.74, 6) is 0.894. The van der Waals surface area contributed by atoms with Gasteiger partial charge in [-0.1, -0.05) is 97.1 Å². The molecule has 0 unspecified atom stereocenters. The third-order valence-electron chi connectivity index (χ3n) is 3.79. The van der Waals surface area contributed by atoms with E-state index in [0.29, 0.717) is 0 Å². The Bertz CT molecular complexity index is 178. The van der Waals surface area contributed by atoms with Gasteiger partial charge in [0.2, 0.25) is 0 Å². The Labute approximate surface area is 123 Å². The van der Waals surface area contributed by atoms with Gasteiger partial charge in [-0.15, -0.1) is 0 Å². The first-order chi connectivity index (χ1) is 9.27. The lowest BCUT2D eigenvalue weighted by atomic mass is 10.0. The third kappa shape index (κ3) is 17.7. The zero-order chi connectivity index (χ0) is 14.2. The SMILES string of the molecule is CCCC/C=C/CCCCCCCCCCC(C)C. The highest BCUT2D eigenvalue weighted by Gasteiger charge is 1.94. The molecule has 0 aromatic carbocycles. The fourth-order valence-electron chi connectivity index (χ4n) is 2.43. The van der Waals surface area contributed by atoms with Crippen LogP contribution >= 0.6 is 0 Å². The number of rotatable bonds is 14. The summed E-state index contributed by atoms with van der Waals surface area (Å²) >= 11 is 0. The van der Waals surface area contributed by atoms with Crippen molar-refractivity contribution in [3.8, 4) is 0 Å². The maximum atomic E-state index is 2.39. The van der Waals surface area contributed by atoms with Crippen LogP contribution in [0.4, 0.5) is 0 Å². The van der Waals surface area contributed by atoms with Gasteiger partial charge in [0.1, 0.15) is 0 Å². The van der Waals surface area contributed by atoms with Crippen LogP contribution in [0.5, 0.6) is 0 Å². The molecule has 19 heavy (non-hydrogen) atoms. The van der Waals surface area contributed by atoms with Crippen LogP contribution in [0.25, 0.3) is 0 Å². The van der Waals surface area contributed by atoms with Crippen LogP contribution in [0, 0.1) is 5.92 Å². The van der Waals surface area contributed by atoms with Crippen LogP contribution in [0.2, 0.25) is 0 Å². The van der Waals surface area contributed by atoms with Gasteiger partial charge in [-0.2, -0.15) is 0 Å². The lowest BCUT2D eigenvalue weighted by Crippen LogP contribution is -1.87. The summed E-state index contributed by atoms with van der Waals surface area (Å²) in [5, 5.41) is 0. The van der Waals surface area contributed by atoms with E-state index in [2.05, 4.69) is 32.9 Å². The van der Waals surface area contributed by atoms with Gasteiger partial charge in [-0.25, -0.2) is 0 Å². The minimum absolute atomic E-state index is 0.894. The van der Waals surface area contributed by atoms with Crippen LogP contribution in [0.15, 0.2) is 12.2 Å². The molecule has 0 saturated carbocycles. The molecule has 0 aliphatic rings. The predicted octanol–water partition coefficient (Wildman–Crippen LogP) is 7.29. The molecule has 0 aliphatic carbocycles. The van der Waals surface area contributed by atoms with E-state index in [0.717, 1.165) is 5.92 Å². The maximum absolute atomic E-state index is 2.39. The zero-order valence-corrected chi connectivity index (χ0v) is 13.9. The van der Waals surface area contributed by atoms with Gasteiger partial charge in [0, 0.05) is 0 Å². The second-order valence-corrected chi connectivity index (χ2v) is 6.41. The van der Waals surface area contributed by atoms with E-state index in [-0.39, 0.29) is 0 Å². The molecule has 0 amide bonds. The lowest BCUT2D eigenvalue weighted by molar-refractivity contribution is 0.507. The van der Waals surface area contributed by atoms with Gasteiger partial charge in [-0.3, -0.25) is 0 Å². The molecule has 0 nitrogen and oxygen atoms in total. The zero-order valence-electron chi connectivity index (χ0n) is 13.9. The molecule has 0 bridgehead atoms. The molecule has 0 radical (unpaired) electrons. The van der Waals surface area contributed by atoms with Crippen LogP contribution in [0.1, 0.15) is 104 Å². The molecule has 0 spiro atoms. The van der Waals surface area contributed by atoms with Crippen LogP contribution < -0.4 is 0 Å². The molecule has 0 atom stereocenters. The van der Waals surface area contributed by atoms with E-state index in [1.807, 2.05) is 0 Å². The molecular formula is C19H38. The first-order valence-corrected chi connectivity index (χ1v) is 8.92. The molecule has 0 saturated heterocycles. The fourth-order valence-corrected chi connectivity index (χ4v) is 2.43. The van der Waals surface area contributed by atoms with Crippen molar-refractivity contribution in [2.45, 2.75) is 104 Å². The first-order valence-electron chi connectivity index (χ1n) is 8.92. The van der Waals surface area contributed by atoms with E-state index in [1.54, 1.807) is 0 Å². The van der Waals surface area contributed by atoms with Crippen molar-refractivity contribution in [2.24, 2.45) is 5.92 Å². The van der Waals surface area contributed by atoms with Crippen molar-refractivity contribution in [3.63, 3.8) is 0 Å². The maximum Gasteiger partial charge on any atom is -0.0351 e. The Morgan fingerprint density at radius 2 is 1.11 bits per heavy atom. The number of unbranched alkanes of at least 4 members (excludes halogenated alkanes) is 10. The highest BCUT2D eigenvalue weighted by Crippen LogP contribution is 2.13. The summed E-state index contributed by atoms with van der Waals surface area (Å²) in [7, 11) is 0. The summed E-state index contributed by atoms with van der Waals surface area (Å²) in [4.78, 5) is 0. The van der Waals surface area contributed by atoms with Crippen molar-refractivity contribution in [1.82, 2.24) is 0 Å². The molecule has 0 heterocycles. The largest absolute Gasteiger partial charge is 0.0885 e. The minimum Gasteiger partial charge on any atom is -0.0885 e. The topological polar surface area (TPSA) is 0 Å². The van der Waals surface area contributed by atoms with Gasteiger partial charge in [0.25, 0.3) is 0 Å². The van der Waals surface area contributed by atoms with Crippen molar-refractivity contribution >= 4 is 0 Å². The van der Waals surface area contributed by atoms with E-state index in [9.17, 15) is 0 Å². The lowest BCUT2D eigenvalue weighted by Gasteiger charge is -2.04. The predicted molar refractivity (Wildman–Crippen MR) is 89.7 cm³/mol. The summed E-state index contributed by atoms with van der Waals surface area (Å²) in [6.45, 7) is 6.92. The molecule has 0 heteroatoms.